The van der Waals surface area contributed by atoms with E-state index in [9.17, 15) is 0 Å². The van der Waals surface area contributed by atoms with Gasteiger partial charge in [-0.15, -0.1) is 0 Å². The van der Waals surface area contributed by atoms with Crippen LogP contribution in [0.25, 0.3) is 0 Å². The Morgan fingerprint density at radius 3 is 2.40 bits per heavy atom. The van der Waals surface area contributed by atoms with Crippen LogP contribution < -0.4 is 10.1 Å². The zero-order chi connectivity index (χ0) is 14.4. The van der Waals surface area contributed by atoms with Crippen molar-refractivity contribution < 1.29 is 4.74 Å². The zero-order valence-corrected chi connectivity index (χ0v) is 13.2. The predicted octanol–water partition coefficient (Wildman–Crippen LogP) is 4.70. The van der Waals surface area contributed by atoms with Crippen molar-refractivity contribution >= 4 is 0 Å². The molecule has 1 aliphatic carbocycles. The molecule has 1 N–H and O–H groups in total. The molecule has 1 fully saturated rings. The van der Waals surface area contributed by atoms with Crippen LogP contribution >= 0.6 is 0 Å². The number of hydrogen-bond donors (Lipinski definition) is 1. The van der Waals surface area contributed by atoms with Crippen LogP contribution in [0, 0.1) is 5.92 Å². The summed E-state index contributed by atoms with van der Waals surface area (Å²) in [6.45, 7) is 7.92. The quantitative estimate of drug-likeness (QED) is 0.705. The molecule has 0 amide bonds. The summed E-state index contributed by atoms with van der Waals surface area (Å²) in [6, 6.07) is 9.19. The molecule has 20 heavy (non-hydrogen) atoms. The van der Waals surface area contributed by atoms with Gasteiger partial charge in [-0.05, 0) is 55.8 Å². The lowest BCUT2D eigenvalue weighted by atomic mass is 9.91. The van der Waals surface area contributed by atoms with Gasteiger partial charge in [-0.1, -0.05) is 39.3 Å². The number of nitrogens with one attached hydrogen (secondary N) is 1. The van der Waals surface area contributed by atoms with E-state index in [1.165, 1.54) is 37.7 Å². The first-order chi connectivity index (χ1) is 9.74. The third-order valence-corrected chi connectivity index (χ3v) is 3.99. The molecule has 0 heterocycles. The van der Waals surface area contributed by atoms with Crippen LogP contribution in [0.4, 0.5) is 0 Å². The Balaban J connectivity index is 2.01. The van der Waals surface area contributed by atoms with Crippen LogP contribution in [-0.2, 0) is 0 Å². The molecule has 0 saturated heterocycles. The minimum absolute atomic E-state index is 0.463. The van der Waals surface area contributed by atoms with E-state index in [4.69, 9.17) is 4.74 Å². The van der Waals surface area contributed by atoms with Crippen molar-refractivity contribution in [3.63, 3.8) is 0 Å². The van der Waals surface area contributed by atoms with Crippen molar-refractivity contribution in [1.29, 1.82) is 0 Å². The second-order valence-corrected chi connectivity index (χ2v) is 6.08. The average Bonchev–Trinajstić information content (AvgIpc) is 3.25. The van der Waals surface area contributed by atoms with Crippen molar-refractivity contribution in [2.75, 3.05) is 6.54 Å². The molecule has 0 aromatic heterocycles. The summed E-state index contributed by atoms with van der Waals surface area (Å²) in [6.07, 6.45) is 6.61. The van der Waals surface area contributed by atoms with Crippen LogP contribution in [0.1, 0.15) is 64.5 Å². The van der Waals surface area contributed by atoms with Crippen LogP contribution in [-0.4, -0.2) is 12.6 Å². The summed E-state index contributed by atoms with van der Waals surface area (Å²) in [4.78, 5) is 0. The Hall–Kier alpha value is -1.02. The summed E-state index contributed by atoms with van der Waals surface area (Å²) in [5.74, 6) is 1.69. The minimum atomic E-state index is 0.463. The third-order valence-electron chi connectivity index (χ3n) is 3.99. The largest absolute Gasteiger partial charge is 0.490 e. The Bertz CT molecular complexity index is 383. The molecule has 112 valence electrons. The smallest absolute Gasteiger partial charge is 0.119 e. The van der Waals surface area contributed by atoms with Crippen molar-refractivity contribution in [2.24, 2.45) is 5.92 Å². The Kier molecular flexibility index (Phi) is 5.90. The Labute approximate surface area is 123 Å². The molecular formula is C18H29NO. The Morgan fingerprint density at radius 1 is 1.15 bits per heavy atom. The van der Waals surface area contributed by atoms with Gasteiger partial charge < -0.3 is 10.1 Å². The standard InChI is InChI=1S/C18H29NO/c1-4-6-14(3)18(19-13-5-2)15-7-9-16(10-8-15)20-17-11-12-17/h7-10,14,17-19H,4-6,11-13H2,1-3H3. The molecule has 0 spiro atoms. The number of ether oxygens (including phenoxy) is 1. The topological polar surface area (TPSA) is 21.3 Å². The third kappa shape index (κ3) is 4.52. The van der Waals surface area contributed by atoms with Crippen LogP contribution in [0.15, 0.2) is 24.3 Å². The molecule has 0 bridgehead atoms. The lowest BCUT2D eigenvalue weighted by molar-refractivity contribution is 0.302. The van der Waals surface area contributed by atoms with Crippen LogP contribution in [0.5, 0.6) is 5.75 Å². The van der Waals surface area contributed by atoms with Crippen LogP contribution in [0.2, 0.25) is 0 Å². The van der Waals surface area contributed by atoms with E-state index in [-0.39, 0.29) is 0 Å². The van der Waals surface area contributed by atoms with Crippen molar-refractivity contribution in [1.82, 2.24) is 5.32 Å². The fourth-order valence-corrected chi connectivity index (χ4v) is 2.70. The van der Waals surface area contributed by atoms with Gasteiger partial charge in [-0.2, -0.15) is 0 Å². The van der Waals surface area contributed by atoms with E-state index in [2.05, 4.69) is 50.4 Å². The van der Waals surface area contributed by atoms with Crippen molar-refractivity contribution in [3.05, 3.63) is 29.8 Å². The molecule has 1 saturated carbocycles. The Morgan fingerprint density at radius 2 is 1.85 bits per heavy atom. The van der Waals surface area contributed by atoms with E-state index in [0.717, 1.165) is 12.3 Å². The molecular weight excluding hydrogens is 246 g/mol. The first-order valence-corrected chi connectivity index (χ1v) is 8.24. The maximum Gasteiger partial charge on any atom is 0.119 e. The van der Waals surface area contributed by atoms with E-state index in [0.29, 0.717) is 18.1 Å². The summed E-state index contributed by atoms with van der Waals surface area (Å²) < 4.78 is 5.83. The number of hydrogen-bond acceptors (Lipinski definition) is 2. The van der Waals surface area contributed by atoms with Gasteiger partial charge in [0.25, 0.3) is 0 Å². The number of rotatable bonds is 9. The molecule has 0 aliphatic heterocycles. The fourth-order valence-electron chi connectivity index (χ4n) is 2.70. The maximum absolute atomic E-state index is 5.83. The normalized spacial score (nSPS) is 17.8. The van der Waals surface area contributed by atoms with Crippen molar-refractivity contribution in [3.8, 4) is 5.75 Å². The molecule has 2 atom stereocenters. The highest BCUT2D eigenvalue weighted by Crippen LogP contribution is 2.30. The molecule has 1 aliphatic rings. The molecule has 1 aromatic carbocycles. The first kappa shape index (κ1) is 15.4. The molecule has 1 aromatic rings. The van der Waals surface area contributed by atoms with Gasteiger partial charge in [0.2, 0.25) is 0 Å². The monoisotopic (exact) mass is 275 g/mol. The number of benzene rings is 1. The highest BCUT2D eigenvalue weighted by Gasteiger charge is 2.23. The highest BCUT2D eigenvalue weighted by molar-refractivity contribution is 5.30. The van der Waals surface area contributed by atoms with Crippen molar-refractivity contribution in [2.45, 2.75) is 65.0 Å². The zero-order valence-electron chi connectivity index (χ0n) is 13.2. The van der Waals surface area contributed by atoms with Gasteiger partial charge >= 0.3 is 0 Å². The van der Waals surface area contributed by atoms with Gasteiger partial charge in [0.1, 0.15) is 5.75 Å². The highest BCUT2D eigenvalue weighted by atomic mass is 16.5. The van der Waals surface area contributed by atoms with Gasteiger partial charge in [-0.3, -0.25) is 0 Å². The molecule has 0 radical (unpaired) electrons. The van der Waals surface area contributed by atoms with E-state index < -0.39 is 0 Å². The van der Waals surface area contributed by atoms with E-state index in [1.807, 2.05) is 0 Å². The van der Waals surface area contributed by atoms with Gasteiger partial charge in [0.05, 0.1) is 6.10 Å². The predicted molar refractivity (Wildman–Crippen MR) is 85.2 cm³/mol. The lowest BCUT2D eigenvalue weighted by Crippen LogP contribution is -2.27. The SMILES string of the molecule is CCCNC(c1ccc(OC2CC2)cc1)C(C)CCC. The van der Waals surface area contributed by atoms with Gasteiger partial charge in [0.15, 0.2) is 0 Å². The molecule has 2 heteroatoms. The molecule has 2 nitrogen and oxygen atoms in total. The first-order valence-electron chi connectivity index (χ1n) is 8.24. The van der Waals surface area contributed by atoms with E-state index >= 15 is 0 Å². The van der Waals surface area contributed by atoms with Crippen LogP contribution in [0.3, 0.4) is 0 Å². The lowest BCUT2D eigenvalue weighted by Gasteiger charge is -2.25. The maximum atomic E-state index is 5.83. The summed E-state index contributed by atoms with van der Waals surface area (Å²) in [7, 11) is 0. The average molecular weight is 275 g/mol. The molecule has 2 rings (SSSR count). The summed E-state index contributed by atoms with van der Waals surface area (Å²) in [5, 5.41) is 3.70. The fraction of sp³-hybridized carbons (Fsp3) is 0.667. The van der Waals surface area contributed by atoms with E-state index in [1.54, 1.807) is 0 Å². The minimum Gasteiger partial charge on any atom is -0.490 e. The van der Waals surface area contributed by atoms with Gasteiger partial charge in [0, 0.05) is 6.04 Å². The summed E-state index contributed by atoms with van der Waals surface area (Å²) in [5.41, 5.74) is 1.39. The second-order valence-electron chi connectivity index (χ2n) is 6.08. The van der Waals surface area contributed by atoms with Gasteiger partial charge in [-0.25, -0.2) is 0 Å². The second kappa shape index (κ2) is 7.68. The summed E-state index contributed by atoms with van der Waals surface area (Å²) >= 11 is 0. The molecule has 2 unspecified atom stereocenters.